The molecule has 0 aromatic carbocycles. The molecule has 0 aliphatic rings. The van der Waals surface area contributed by atoms with Crippen molar-refractivity contribution in [1.82, 2.24) is 0 Å². The van der Waals surface area contributed by atoms with Crippen LogP contribution < -0.4 is 0 Å². The zero-order chi connectivity index (χ0) is 8.20. The maximum atomic E-state index is 11.5. The summed E-state index contributed by atoms with van der Waals surface area (Å²) in [4.78, 5) is 0. The fourth-order valence-electron chi connectivity index (χ4n) is 0.544. The summed E-state index contributed by atoms with van der Waals surface area (Å²) >= 11 is 0. The van der Waals surface area contributed by atoms with E-state index in [4.69, 9.17) is 5.11 Å². The topological polar surface area (TPSA) is 20.2 Å². The molecule has 0 aromatic heterocycles. The average Bonchev–Trinajstić information content (AvgIpc) is 1.59. The molecule has 0 aliphatic carbocycles. The standard InChI is InChI=1S/C6H9F3O/c1-5(2-3-10)4-6(7,8)9/h2,10H,3-4H2,1H3/b5-2+. The molecule has 0 spiro atoms. The predicted molar refractivity (Wildman–Crippen MR) is 31.5 cm³/mol. The van der Waals surface area contributed by atoms with Gasteiger partial charge in [-0.1, -0.05) is 11.6 Å². The van der Waals surface area contributed by atoms with Crippen LogP contribution in [0, 0.1) is 0 Å². The third-order valence-corrected chi connectivity index (χ3v) is 0.919. The molecule has 0 saturated carbocycles. The van der Waals surface area contributed by atoms with Crippen molar-refractivity contribution in [3.8, 4) is 0 Å². The predicted octanol–water partition coefficient (Wildman–Crippen LogP) is 1.88. The van der Waals surface area contributed by atoms with Gasteiger partial charge in [0.1, 0.15) is 0 Å². The Hall–Kier alpha value is -0.510. The molecule has 60 valence electrons. The van der Waals surface area contributed by atoms with Crippen molar-refractivity contribution >= 4 is 0 Å². The molecule has 0 fully saturated rings. The number of allylic oxidation sites excluding steroid dienone is 1. The van der Waals surface area contributed by atoms with Gasteiger partial charge in [-0.15, -0.1) is 0 Å². The van der Waals surface area contributed by atoms with Gasteiger partial charge in [-0.2, -0.15) is 13.2 Å². The number of halogens is 3. The first-order valence-corrected chi connectivity index (χ1v) is 2.79. The summed E-state index contributed by atoms with van der Waals surface area (Å²) in [6, 6.07) is 0. The lowest BCUT2D eigenvalue weighted by atomic mass is 10.2. The van der Waals surface area contributed by atoms with Gasteiger partial charge < -0.3 is 5.11 Å². The molecule has 1 N–H and O–H groups in total. The Labute approximate surface area is 57.2 Å². The summed E-state index contributed by atoms with van der Waals surface area (Å²) in [5, 5.41) is 8.19. The van der Waals surface area contributed by atoms with Crippen molar-refractivity contribution in [2.24, 2.45) is 0 Å². The SMILES string of the molecule is C/C(=C\CO)CC(F)(F)F. The first-order valence-electron chi connectivity index (χ1n) is 2.79. The van der Waals surface area contributed by atoms with Crippen LogP contribution in [-0.4, -0.2) is 17.9 Å². The normalized spacial score (nSPS) is 13.9. The summed E-state index contributed by atoms with van der Waals surface area (Å²) in [7, 11) is 0. The van der Waals surface area contributed by atoms with Gasteiger partial charge in [-0.25, -0.2) is 0 Å². The number of hydrogen-bond acceptors (Lipinski definition) is 1. The molecule has 0 saturated heterocycles. The quantitative estimate of drug-likeness (QED) is 0.602. The molecule has 0 aliphatic heterocycles. The molecule has 0 aromatic rings. The van der Waals surface area contributed by atoms with Crippen LogP contribution in [0.1, 0.15) is 13.3 Å². The van der Waals surface area contributed by atoms with Crippen LogP contribution in [0.5, 0.6) is 0 Å². The van der Waals surface area contributed by atoms with E-state index in [2.05, 4.69) is 0 Å². The summed E-state index contributed by atoms with van der Waals surface area (Å²) in [6.45, 7) is 1.01. The second-order valence-electron chi connectivity index (χ2n) is 2.03. The van der Waals surface area contributed by atoms with Crippen LogP contribution in [-0.2, 0) is 0 Å². The Morgan fingerprint density at radius 2 is 2.00 bits per heavy atom. The first-order chi connectivity index (χ1) is 4.45. The Morgan fingerprint density at radius 3 is 2.30 bits per heavy atom. The van der Waals surface area contributed by atoms with E-state index in [1.54, 1.807) is 0 Å². The lowest BCUT2D eigenvalue weighted by Gasteiger charge is -2.04. The van der Waals surface area contributed by atoms with E-state index in [1.807, 2.05) is 0 Å². The molecule has 0 radical (unpaired) electrons. The maximum Gasteiger partial charge on any atom is 0.392 e. The van der Waals surface area contributed by atoms with Crippen molar-refractivity contribution in [2.75, 3.05) is 6.61 Å². The minimum absolute atomic E-state index is 0.148. The highest BCUT2D eigenvalue weighted by atomic mass is 19.4. The fraction of sp³-hybridized carbons (Fsp3) is 0.667. The minimum atomic E-state index is -4.16. The van der Waals surface area contributed by atoms with Crippen molar-refractivity contribution in [3.05, 3.63) is 11.6 Å². The van der Waals surface area contributed by atoms with E-state index >= 15 is 0 Å². The van der Waals surface area contributed by atoms with E-state index in [1.165, 1.54) is 6.92 Å². The summed E-state index contributed by atoms with van der Waals surface area (Å²) in [5.74, 6) is 0. The summed E-state index contributed by atoms with van der Waals surface area (Å²) in [6.07, 6.45) is -3.95. The molecule has 0 amide bonds. The highest BCUT2D eigenvalue weighted by Crippen LogP contribution is 2.23. The third kappa shape index (κ3) is 5.62. The lowest BCUT2D eigenvalue weighted by Crippen LogP contribution is -2.07. The van der Waals surface area contributed by atoms with Crippen LogP contribution in [0.2, 0.25) is 0 Å². The monoisotopic (exact) mass is 154 g/mol. The molecule has 0 unspecified atom stereocenters. The minimum Gasteiger partial charge on any atom is -0.392 e. The molecule has 0 heterocycles. The summed E-state index contributed by atoms with van der Waals surface area (Å²) < 4.78 is 34.5. The number of aliphatic hydroxyl groups is 1. The Morgan fingerprint density at radius 1 is 1.50 bits per heavy atom. The Balaban J connectivity index is 3.79. The van der Waals surface area contributed by atoms with Crippen molar-refractivity contribution in [3.63, 3.8) is 0 Å². The van der Waals surface area contributed by atoms with Gasteiger partial charge in [-0.3, -0.25) is 0 Å². The highest BCUT2D eigenvalue weighted by Gasteiger charge is 2.26. The van der Waals surface area contributed by atoms with Gasteiger partial charge >= 0.3 is 6.18 Å². The Kier molecular flexibility index (Phi) is 3.42. The molecular formula is C6H9F3O. The van der Waals surface area contributed by atoms with Gasteiger partial charge in [0.25, 0.3) is 0 Å². The number of rotatable bonds is 2. The smallest absolute Gasteiger partial charge is 0.392 e. The molecule has 0 atom stereocenters. The number of hydrogen-bond donors (Lipinski definition) is 1. The molecule has 1 nitrogen and oxygen atoms in total. The van der Waals surface area contributed by atoms with Crippen molar-refractivity contribution in [1.29, 1.82) is 0 Å². The maximum absolute atomic E-state index is 11.5. The highest BCUT2D eigenvalue weighted by molar-refractivity contribution is 4.99. The van der Waals surface area contributed by atoms with E-state index in [9.17, 15) is 13.2 Å². The van der Waals surface area contributed by atoms with E-state index in [0.29, 0.717) is 0 Å². The largest absolute Gasteiger partial charge is 0.392 e. The molecule has 10 heavy (non-hydrogen) atoms. The molecular weight excluding hydrogens is 145 g/mol. The molecule has 0 bridgehead atoms. The zero-order valence-electron chi connectivity index (χ0n) is 5.57. The summed E-state index contributed by atoms with van der Waals surface area (Å²) in [5.41, 5.74) is 0.148. The van der Waals surface area contributed by atoms with Gasteiger partial charge in [0, 0.05) is 0 Å². The van der Waals surface area contributed by atoms with Crippen LogP contribution in [0.3, 0.4) is 0 Å². The van der Waals surface area contributed by atoms with E-state index in [-0.39, 0.29) is 12.2 Å². The lowest BCUT2D eigenvalue weighted by molar-refractivity contribution is -0.127. The van der Waals surface area contributed by atoms with Gasteiger partial charge in [-0.05, 0) is 6.92 Å². The van der Waals surface area contributed by atoms with E-state index < -0.39 is 12.6 Å². The second-order valence-corrected chi connectivity index (χ2v) is 2.03. The van der Waals surface area contributed by atoms with Crippen LogP contribution in [0.25, 0.3) is 0 Å². The Bertz CT molecular complexity index is 125. The average molecular weight is 154 g/mol. The number of aliphatic hydroxyl groups excluding tert-OH is 1. The first kappa shape index (κ1) is 9.49. The van der Waals surface area contributed by atoms with Gasteiger partial charge in [0.2, 0.25) is 0 Å². The van der Waals surface area contributed by atoms with Crippen molar-refractivity contribution < 1.29 is 18.3 Å². The molecule has 4 heteroatoms. The zero-order valence-corrected chi connectivity index (χ0v) is 5.57. The van der Waals surface area contributed by atoms with E-state index in [0.717, 1.165) is 6.08 Å². The van der Waals surface area contributed by atoms with Gasteiger partial charge in [0.05, 0.1) is 13.0 Å². The van der Waals surface area contributed by atoms with Crippen LogP contribution >= 0.6 is 0 Å². The number of alkyl halides is 3. The van der Waals surface area contributed by atoms with Crippen LogP contribution in [0.15, 0.2) is 11.6 Å². The van der Waals surface area contributed by atoms with Crippen LogP contribution in [0.4, 0.5) is 13.2 Å². The van der Waals surface area contributed by atoms with Gasteiger partial charge in [0.15, 0.2) is 0 Å². The van der Waals surface area contributed by atoms with Crippen molar-refractivity contribution in [2.45, 2.75) is 19.5 Å². The fourth-order valence-corrected chi connectivity index (χ4v) is 0.544. The molecule has 0 rings (SSSR count). The second kappa shape index (κ2) is 3.61. The third-order valence-electron chi connectivity index (χ3n) is 0.919.